The molecule has 1 fully saturated rings. The molecule has 16 heavy (non-hydrogen) atoms. The van der Waals surface area contributed by atoms with Crippen LogP contribution in [0.5, 0.6) is 0 Å². The predicted molar refractivity (Wildman–Crippen MR) is 59.3 cm³/mol. The van der Waals surface area contributed by atoms with Crippen LogP contribution in [0.15, 0.2) is 16.0 Å². The summed E-state index contributed by atoms with van der Waals surface area (Å²) >= 11 is 1.27. The highest BCUT2D eigenvalue weighted by Gasteiger charge is 2.37. The van der Waals surface area contributed by atoms with Crippen molar-refractivity contribution < 1.29 is 9.90 Å². The molecule has 2 rings (SSSR count). The first-order valence-corrected chi connectivity index (χ1v) is 5.70. The minimum absolute atomic E-state index is 0.0255. The van der Waals surface area contributed by atoms with E-state index in [0.717, 1.165) is 6.42 Å². The van der Waals surface area contributed by atoms with E-state index in [2.05, 4.69) is 9.97 Å². The van der Waals surface area contributed by atoms with Gasteiger partial charge in [0.25, 0.3) is 5.56 Å². The predicted octanol–water partition coefficient (Wildman–Crippen LogP) is 0.307. The number of aromatic amines is 1. The Bertz CT molecular complexity index is 473. The van der Waals surface area contributed by atoms with Gasteiger partial charge >= 0.3 is 5.97 Å². The van der Waals surface area contributed by atoms with Crippen molar-refractivity contribution in [1.29, 1.82) is 0 Å². The average molecular weight is 241 g/mol. The van der Waals surface area contributed by atoms with Crippen molar-refractivity contribution >= 4 is 23.5 Å². The molecule has 1 aliphatic rings. The van der Waals surface area contributed by atoms with Crippen LogP contribution in [0.25, 0.3) is 0 Å². The fourth-order valence-corrected chi connectivity index (χ4v) is 2.82. The van der Waals surface area contributed by atoms with Gasteiger partial charge in [-0.05, 0) is 12.8 Å². The number of aromatic nitrogens is 2. The smallest absolute Gasteiger partial charge is 0.307 e. The van der Waals surface area contributed by atoms with Crippen LogP contribution in [0.3, 0.4) is 0 Å². The lowest BCUT2D eigenvalue weighted by Crippen LogP contribution is -2.35. The van der Waals surface area contributed by atoms with Gasteiger partial charge in [-0.15, -0.1) is 0 Å². The van der Waals surface area contributed by atoms with Gasteiger partial charge in [-0.2, -0.15) is 0 Å². The van der Waals surface area contributed by atoms with Gasteiger partial charge < -0.3 is 15.8 Å². The third kappa shape index (κ3) is 2.19. The van der Waals surface area contributed by atoms with Crippen molar-refractivity contribution in [1.82, 2.24) is 9.97 Å². The number of H-pyrrole nitrogens is 1. The van der Waals surface area contributed by atoms with Gasteiger partial charge in [0.1, 0.15) is 5.82 Å². The average Bonchev–Trinajstić information content (AvgIpc) is 2.09. The summed E-state index contributed by atoms with van der Waals surface area (Å²) in [6.07, 6.45) is 1.50. The summed E-state index contributed by atoms with van der Waals surface area (Å²) < 4.78 is 0. The molecule has 1 aromatic rings. The van der Waals surface area contributed by atoms with Gasteiger partial charge in [0.2, 0.25) is 0 Å². The molecule has 0 aromatic carbocycles. The van der Waals surface area contributed by atoms with Crippen LogP contribution in [0, 0.1) is 5.92 Å². The number of hydrogen-bond acceptors (Lipinski definition) is 5. The van der Waals surface area contributed by atoms with Gasteiger partial charge in [-0.1, -0.05) is 11.8 Å². The number of rotatable bonds is 3. The summed E-state index contributed by atoms with van der Waals surface area (Å²) in [7, 11) is 0. The quantitative estimate of drug-likeness (QED) is 0.657. The number of nitrogens with two attached hydrogens (primary N) is 1. The van der Waals surface area contributed by atoms with Crippen molar-refractivity contribution in [3.05, 3.63) is 16.4 Å². The van der Waals surface area contributed by atoms with E-state index in [-0.39, 0.29) is 22.5 Å². The van der Waals surface area contributed by atoms with Crippen LogP contribution in [0.2, 0.25) is 0 Å². The first-order chi connectivity index (χ1) is 7.56. The van der Waals surface area contributed by atoms with E-state index in [1.54, 1.807) is 0 Å². The second-order valence-electron chi connectivity index (χ2n) is 3.65. The van der Waals surface area contributed by atoms with Crippen molar-refractivity contribution in [2.24, 2.45) is 5.92 Å². The lowest BCUT2D eigenvalue weighted by atomic mass is 9.85. The second-order valence-corrected chi connectivity index (χ2v) is 4.88. The summed E-state index contributed by atoms with van der Waals surface area (Å²) in [5.74, 6) is -0.996. The number of nitrogen functional groups attached to an aromatic ring is 1. The van der Waals surface area contributed by atoms with Gasteiger partial charge in [-0.3, -0.25) is 9.59 Å². The normalized spacial score (nSPS) is 23.8. The SMILES string of the molecule is Nc1cc(=O)[nH]c(SC2CCC2C(=O)O)n1. The number of nitrogens with zero attached hydrogens (tertiary/aromatic N) is 1. The molecule has 2 atom stereocenters. The zero-order chi connectivity index (χ0) is 11.7. The molecule has 0 radical (unpaired) electrons. The Labute approximate surface area is 95.3 Å². The molecule has 0 bridgehead atoms. The maximum atomic E-state index is 11.1. The number of carboxylic acids is 1. The van der Waals surface area contributed by atoms with E-state index in [0.29, 0.717) is 11.6 Å². The lowest BCUT2D eigenvalue weighted by molar-refractivity contribution is -0.144. The molecule has 1 aromatic heterocycles. The summed E-state index contributed by atoms with van der Waals surface area (Å²) in [6, 6.07) is 1.19. The standard InChI is InChI=1S/C9H11N3O3S/c10-6-3-7(13)12-9(11-6)16-5-2-1-4(5)8(14)15/h3-5H,1-2H2,(H,14,15)(H3,10,11,12,13). The van der Waals surface area contributed by atoms with Crippen LogP contribution >= 0.6 is 11.8 Å². The maximum absolute atomic E-state index is 11.1. The molecule has 2 unspecified atom stereocenters. The number of carbonyl (C=O) groups is 1. The fourth-order valence-electron chi connectivity index (χ4n) is 1.55. The maximum Gasteiger partial charge on any atom is 0.307 e. The van der Waals surface area contributed by atoms with E-state index in [9.17, 15) is 9.59 Å². The summed E-state index contributed by atoms with van der Waals surface area (Å²) in [5.41, 5.74) is 5.11. The van der Waals surface area contributed by atoms with Crippen molar-refractivity contribution in [2.45, 2.75) is 23.2 Å². The third-order valence-corrected chi connectivity index (χ3v) is 3.81. The Morgan fingerprint density at radius 2 is 2.38 bits per heavy atom. The molecule has 6 nitrogen and oxygen atoms in total. The van der Waals surface area contributed by atoms with E-state index >= 15 is 0 Å². The first kappa shape index (κ1) is 11.0. The van der Waals surface area contributed by atoms with Crippen molar-refractivity contribution in [2.75, 3.05) is 5.73 Å². The molecular weight excluding hydrogens is 230 g/mol. The van der Waals surface area contributed by atoms with Gasteiger partial charge in [0.15, 0.2) is 5.16 Å². The highest BCUT2D eigenvalue weighted by atomic mass is 32.2. The Hall–Kier alpha value is -1.50. The molecule has 0 amide bonds. The molecule has 7 heteroatoms. The molecule has 0 spiro atoms. The number of aliphatic carboxylic acids is 1. The highest BCUT2D eigenvalue weighted by molar-refractivity contribution is 7.99. The van der Waals surface area contributed by atoms with E-state index < -0.39 is 5.97 Å². The minimum Gasteiger partial charge on any atom is -0.481 e. The molecular formula is C9H11N3O3S. The number of nitrogens with one attached hydrogen (secondary N) is 1. The van der Waals surface area contributed by atoms with Crippen LogP contribution in [0.4, 0.5) is 5.82 Å². The second kappa shape index (κ2) is 4.17. The van der Waals surface area contributed by atoms with Gasteiger partial charge in [0.05, 0.1) is 5.92 Å². The zero-order valence-corrected chi connectivity index (χ0v) is 9.16. The first-order valence-electron chi connectivity index (χ1n) is 4.82. The monoisotopic (exact) mass is 241 g/mol. The highest BCUT2D eigenvalue weighted by Crippen LogP contribution is 2.40. The lowest BCUT2D eigenvalue weighted by Gasteiger charge is -2.31. The van der Waals surface area contributed by atoms with Gasteiger partial charge in [-0.25, -0.2) is 4.98 Å². The molecule has 4 N–H and O–H groups in total. The Kier molecular flexibility index (Phi) is 2.86. The van der Waals surface area contributed by atoms with Crippen molar-refractivity contribution in [3.63, 3.8) is 0 Å². The zero-order valence-electron chi connectivity index (χ0n) is 8.34. The Morgan fingerprint density at radius 1 is 1.62 bits per heavy atom. The fraction of sp³-hybridized carbons (Fsp3) is 0.444. The van der Waals surface area contributed by atoms with E-state index in [1.807, 2.05) is 0 Å². The van der Waals surface area contributed by atoms with E-state index in [4.69, 9.17) is 10.8 Å². The number of thioether (sulfide) groups is 1. The van der Waals surface area contributed by atoms with E-state index in [1.165, 1.54) is 17.8 Å². The Balaban J connectivity index is 2.10. The number of hydrogen-bond donors (Lipinski definition) is 3. The third-order valence-electron chi connectivity index (χ3n) is 2.53. The van der Waals surface area contributed by atoms with Crippen molar-refractivity contribution in [3.8, 4) is 0 Å². The molecule has 0 aliphatic heterocycles. The van der Waals surface area contributed by atoms with Crippen LogP contribution < -0.4 is 11.3 Å². The van der Waals surface area contributed by atoms with Crippen LogP contribution in [0.1, 0.15) is 12.8 Å². The molecule has 0 saturated heterocycles. The van der Waals surface area contributed by atoms with Crippen LogP contribution in [-0.2, 0) is 4.79 Å². The minimum atomic E-state index is -0.796. The number of carboxylic acid groups (broad SMARTS) is 1. The largest absolute Gasteiger partial charge is 0.481 e. The van der Waals surface area contributed by atoms with Gasteiger partial charge in [0, 0.05) is 11.3 Å². The summed E-state index contributed by atoms with van der Waals surface area (Å²) in [6.45, 7) is 0. The number of anilines is 1. The molecule has 86 valence electrons. The molecule has 1 heterocycles. The Morgan fingerprint density at radius 3 is 2.88 bits per heavy atom. The molecule has 1 aliphatic carbocycles. The van der Waals surface area contributed by atoms with Crippen LogP contribution in [-0.4, -0.2) is 26.3 Å². The summed E-state index contributed by atoms with van der Waals surface area (Å²) in [4.78, 5) is 28.4. The molecule has 1 saturated carbocycles. The summed E-state index contributed by atoms with van der Waals surface area (Å²) in [5, 5.41) is 9.22. The topological polar surface area (TPSA) is 109 Å².